The first kappa shape index (κ1) is 8.10. The van der Waals surface area contributed by atoms with Crippen molar-refractivity contribution in [2.45, 2.75) is 18.9 Å². The van der Waals surface area contributed by atoms with Gasteiger partial charge in [0.2, 0.25) is 0 Å². The second kappa shape index (κ2) is 3.09. The molecular weight excluding hydrogens is 166 g/mol. The summed E-state index contributed by atoms with van der Waals surface area (Å²) in [5.74, 6) is -0.188. The van der Waals surface area contributed by atoms with Gasteiger partial charge < -0.3 is 10.2 Å². The lowest BCUT2D eigenvalue weighted by Gasteiger charge is -1.99. The first-order chi connectivity index (χ1) is 6.27. The van der Waals surface area contributed by atoms with Gasteiger partial charge in [-0.15, -0.1) is 0 Å². The molecule has 0 spiro atoms. The van der Waals surface area contributed by atoms with Gasteiger partial charge in [0.1, 0.15) is 0 Å². The van der Waals surface area contributed by atoms with Gasteiger partial charge in [0.25, 0.3) is 0 Å². The van der Waals surface area contributed by atoms with Crippen LogP contribution in [0.1, 0.15) is 18.4 Å². The summed E-state index contributed by atoms with van der Waals surface area (Å²) in [4.78, 5) is 4.21. The molecule has 0 bridgehead atoms. The standard InChI is InChI=1S/C10H11NO2/c12-9-3-1-2-7(10(9)13)6-11-8-4-5-8/h1-3,6,8,12-13H,4-5H2. The van der Waals surface area contributed by atoms with E-state index in [-0.39, 0.29) is 11.5 Å². The van der Waals surface area contributed by atoms with Crippen LogP contribution in [0.25, 0.3) is 0 Å². The predicted molar refractivity (Wildman–Crippen MR) is 50.4 cm³/mol. The molecule has 68 valence electrons. The van der Waals surface area contributed by atoms with Gasteiger partial charge in [-0.3, -0.25) is 4.99 Å². The highest BCUT2D eigenvalue weighted by Crippen LogP contribution is 2.28. The van der Waals surface area contributed by atoms with Crippen LogP contribution in [-0.4, -0.2) is 22.5 Å². The van der Waals surface area contributed by atoms with Crippen LogP contribution in [0.2, 0.25) is 0 Å². The van der Waals surface area contributed by atoms with Gasteiger partial charge in [-0.25, -0.2) is 0 Å². The number of rotatable bonds is 2. The molecule has 2 rings (SSSR count). The summed E-state index contributed by atoms with van der Waals surface area (Å²) in [5, 5.41) is 18.6. The van der Waals surface area contributed by atoms with Crippen molar-refractivity contribution in [2.75, 3.05) is 0 Å². The Labute approximate surface area is 76.4 Å². The van der Waals surface area contributed by atoms with E-state index in [1.165, 1.54) is 6.07 Å². The minimum Gasteiger partial charge on any atom is -0.504 e. The van der Waals surface area contributed by atoms with Gasteiger partial charge in [0, 0.05) is 11.8 Å². The maximum absolute atomic E-state index is 9.39. The molecule has 1 saturated carbocycles. The van der Waals surface area contributed by atoms with E-state index in [1.807, 2.05) is 0 Å². The van der Waals surface area contributed by atoms with Gasteiger partial charge >= 0.3 is 0 Å². The Kier molecular flexibility index (Phi) is 1.93. The number of para-hydroxylation sites is 1. The highest BCUT2D eigenvalue weighted by molar-refractivity contribution is 5.84. The summed E-state index contributed by atoms with van der Waals surface area (Å²) in [6.07, 6.45) is 3.89. The van der Waals surface area contributed by atoms with Gasteiger partial charge in [0.05, 0.1) is 6.04 Å². The largest absolute Gasteiger partial charge is 0.504 e. The Bertz CT molecular complexity index is 343. The average molecular weight is 177 g/mol. The molecule has 0 unspecified atom stereocenters. The molecule has 3 heteroatoms. The molecule has 1 aliphatic rings. The summed E-state index contributed by atoms with van der Waals surface area (Å²) < 4.78 is 0. The number of aliphatic imine (C=N–C) groups is 1. The molecule has 2 N–H and O–H groups in total. The summed E-state index contributed by atoms with van der Waals surface area (Å²) >= 11 is 0. The lowest BCUT2D eigenvalue weighted by atomic mass is 10.2. The molecule has 0 saturated heterocycles. The molecule has 0 aliphatic heterocycles. The zero-order chi connectivity index (χ0) is 9.26. The normalized spacial score (nSPS) is 16.6. The molecule has 0 heterocycles. The van der Waals surface area contributed by atoms with Crippen molar-refractivity contribution >= 4 is 6.21 Å². The van der Waals surface area contributed by atoms with Crippen molar-refractivity contribution in [3.05, 3.63) is 23.8 Å². The topological polar surface area (TPSA) is 52.8 Å². The van der Waals surface area contributed by atoms with Crippen molar-refractivity contribution in [3.8, 4) is 11.5 Å². The number of aromatic hydroxyl groups is 2. The maximum Gasteiger partial charge on any atom is 0.166 e. The first-order valence-electron chi connectivity index (χ1n) is 4.31. The predicted octanol–water partition coefficient (Wildman–Crippen LogP) is 1.68. The van der Waals surface area contributed by atoms with Crippen LogP contribution in [-0.2, 0) is 0 Å². The van der Waals surface area contributed by atoms with Crippen molar-refractivity contribution in [1.82, 2.24) is 0 Å². The third-order valence-electron chi connectivity index (χ3n) is 2.02. The Hall–Kier alpha value is -1.51. The zero-order valence-corrected chi connectivity index (χ0v) is 7.14. The fourth-order valence-corrected chi connectivity index (χ4v) is 1.06. The number of benzene rings is 1. The first-order valence-corrected chi connectivity index (χ1v) is 4.31. The third-order valence-corrected chi connectivity index (χ3v) is 2.02. The molecule has 13 heavy (non-hydrogen) atoms. The van der Waals surface area contributed by atoms with Crippen molar-refractivity contribution in [1.29, 1.82) is 0 Å². The molecule has 0 atom stereocenters. The molecule has 1 fully saturated rings. The Morgan fingerprint density at radius 3 is 2.77 bits per heavy atom. The van der Waals surface area contributed by atoms with E-state index >= 15 is 0 Å². The molecule has 3 nitrogen and oxygen atoms in total. The van der Waals surface area contributed by atoms with E-state index in [1.54, 1.807) is 18.3 Å². The summed E-state index contributed by atoms with van der Waals surface area (Å²) in [6.45, 7) is 0. The summed E-state index contributed by atoms with van der Waals surface area (Å²) in [7, 11) is 0. The lowest BCUT2D eigenvalue weighted by Crippen LogP contribution is -1.84. The van der Waals surface area contributed by atoms with Gasteiger partial charge in [-0.05, 0) is 25.0 Å². The van der Waals surface area contributed by atoms with Crippen molar-refractivity contribution < 1.29 is 10.2 Å². The Morgan fingerprint density at radius 1 is 1.31 bits per heavy atom. The van der Waals surface area contributed by atoms with Crippen molar-refractivity contribution in [3.63, 3.8) is 0 Å². The molecule has 1 aromatic carbocycles. The molecular formula is C10H11NO2. The van der Waals surface area contributed by atoms with Gasteiger partial charge in [-0.2, -0.15) is 0 Å². The van der Waals surface area contributed by atoms with E-state index in [2.05, 4.69) is 4.99 Å². The minimum absolute atomic E-state index is 0.0908. The fourth-order valence-electron chi connectivity index (χ4n) is 1.06. The van der Waals surface area contributed by atoms with Crippen LogP contribution in [0, 0.1) is 0 Å². The lowest BCUT2D eigenvalue weighted by molar-refractivity contribution is 0.403. The van der Waals surface area contributed by atoms with E-state index in [9.17, 15) is 5.11 Å². The minimum atomic E-state index is -0.0975. The molecule has 0 radical (unpaired) electrons. The van der Waals surface area contributed by atoms with E-state index in [0.717, 1.165) is 12.8 Å². The number of phenolic OH excluding ortho intramolecular Hbond substituents is 2. The van der Waals surface area contributed by atoms with Gasteiger partial charge in [0.15, 0.2) is 11.5 Å². The van der Waals surface area contributed by atoms with Crippen LogP contribution in [0.4, 0.5) is 0 Å². The second-order valence-electron chi connectivity index (χ2n) is 3.22. The molecule has 1 aromatic rings. The average Bonchev–Trinajstić information content (AvgIpc) is 2.91. The quantitative estimate of drug-likeness (QED) is 0.533. The second-order valence-corrected chi connectivity index (χ2v) is 3.22. The highest BCUT2D eigenvalue weighted by Gasteiger charge is 2.19. The highest BCUT2D eigenvalue weighted by atomic mass is 16.3. The smallest absolute Gasteiger partial charge is 0.166 e. The number of hydrogen-bond acceptors (Lipinski definition) is 3. The number of phenols is 2. The Morgan fingerprint density at radius 2 is 2.08 bits per heavy atom. The van der Waals surface area contributed by atoms with Crippen LogP contribution in [0.3, 0.4) is 0 Å². The fraction of sp³-hybridized carbons (Fsp3) is 0.300. The number of hydrogen-bond donors (Lipinski definition) is 2. The SMILES string of the molecule is Oc1cccc(C=NC2CC2)c1O. The van der Waals surface area contributed by atoms with E-state index < -0.39 is 0 Å². The number of nitrogens with zero attached hydrogens (tertiary/aromatic N) is 1. The van der Waals surface area contributed by atoms with Crippen LogP contribution < -0.4 is 0 Å². The van der Waals surface area contributed by atoms with E-state index in [4.69, 9.17) is 5.11 Å². The summed E-state index contributed by atoms with van der Waals surface area (Å²) in [6, 6.07) is 5.29. The van der Waals surface area contributed by atoms with Crippen LogP contribution in [0.5, 0.6) is 11.5 Å². The maximum atomic E-state index is 9.39. The van der Waals surface area contributed by atoms with Crippen LogP contribution >= 0.6 is 0 Å². The third kappa shape index (κ3) is 1.80. The molecule has 0 amide bonds. The molecule has 0 aromatic heterocycles. The van der Waals surface area contributed by atoms with Gasteiger partial charge in [-0.1, -0.05) is 6.07 Å². The van der Waals surface area contributed by atoms with E-state index in [0.29, 0.717) is 11.6 Å². The van der Waals surface area contributed by atoms with Crippen molar-refractivity contribution in [2.24, 2.45) is 4.99 Å². The summed E-state index contributed by atoms with van der Waals surface area (Å²) in [5.41, 5.74) is 0.576. The Balaban J connectivity index is 2.23. The monoisotopic (exact) mass is 177 g/mol. The molecule has 1 aliphatic carbocycles. The zero-order valence-electron chi connectivity index (χ0n) is 7.14. The van der Waals surface area contributed by atoms with Crippen LogP contribution in [0.15, 0.2) is 23.2 Å².